The number of nitrogens with zero attached hydrogens (tertiary/aromatic N) is 1. The molecule has 0 aromatic heterocycles. The van der Waals surface area contributed by atoms with E-state index in [-0.39, 0.29) is 16.1 Å². The SMILES string of the molecule is O=C(N/N=C\c1cccc(C(F)(F)F)c1)c1ccc(Cl)cc1Cl. The number of carbonyl (C=O) groups is 1. The first-order chi connectivity index (χ1) is 10.8. The third-order valence-corrected chi connectivity index (χ3v) is 3.32. The van der Waals surface area contributed by atoms with Crippen molar-refractivity contribution >= 4 is 35.3 Å². The smallest absolute Gasteiger partial charge is 0.267 e. The topological polar surface area (TPSA) is 41.5 Å². The molecule has 0 saturated heterocycles. The van der Waals surface area contributed by atoms with Crippen molar-refractivity contribution in [3.8, 4) is 0 Å². The minimum absolute atomic E-state index is 0.143. The predicted octanol–water partition coefficient (Wildman–Crippen LogP) is 4.78. The van der Waals surface area contributed by atoms with Crippen molar-refractivity contribution in [1.82, 2.24) is 5.43 Å². The predicted molar refractivity (Wildman–Crippen MR) is 83.0 cm³/mol. The van der Waals surface area contributed by atoms with Crippen molar-refractivity contribution < 1.29 is 18.0 Å². The number of nitrogens with one attached hydrogen (secondary N) is 1. The lowest BCUT2D eigenvalue weighted by Gasteiger charge is -2.06. The van der Waals surface area contributed by atoms with Gasteiger partial charge in [0.25, 0.3) is 5.91 Å². The molecule has 120 valence electrons. The van der Waals surface area contributed by atoms with E-state index in [1.54, 1.807) is 0 Å². The fourth-order valence-electron chi connectivity index (χ4n) is 1.69. The first kappa shape index (κ1) is 17.3. The second-order valence-corrected chi connectivity index (χ2v) is 5.29. The van der Waals surface area contributed by atoms with E-state index in [1.807, 2.05) is 0 Å². The summed E-state index contributed by atoms with van der Waals surface area (Å²) >= 11 is 11.6. The highest BCUT2D eigenvalue weighted by Gasteiger charge is 2.30. The van der Waals surface area contributed by atoms with Crippen LogP contribution < -0.4 is 5.43 Å². The zero-order valence-corrected chi connectivity index (χ0v) is 12.9. The van der Waals surface area contributed by atoms with Crippen molar-refractivity contribution in [2.75, 3.05) is 0 Å². The number of hydrazone groups is 1. The Balaban J connectivity index is 2.08. The Labute approximate surface area is 139 Å². The molecule has 0 bridgehead atoms. The van der Waals surface area contributed by atoms with Crippen LogP contribution in [0.25, 0.3) is 0 Å². The monoisotopic (exact) mass is 360 g/mol. The van der Waals surface area contributed by atoms with E-state index in [1.165, 1.54) is 30.3 Å². The van der Waals surface area contributed by atoms with E-state index >= 15 is 0 Å². The van der Waals surface area contributed by atoms with Crippen LogP contribution >= 0.6 is 23.2 Å². The Bertz CT molecular complexity index is 761. The minimum Gasteiger partial charge on any atom is -0.267 e. The molecule has 0 atom stereocenters. The van der Waals surface area contributed by atoms with Crippen LogP contribution in [0.1, 0.15) is 21.5 Å². The molecule has 2 aromatic carbocycles. The maximum Gasteiger partial charge on any atom is 0.416 e. The molecule has 1 amide bonds. The molecular weight excluding hydrogens is 352 g/mol. The molecule has 0 fully saturated rings. The lowest BCUT2D eigenvalue weighted by Crippen LogP contribution is -2.18. The number of alkyl halides is 3. The maximum absolute atomic E-state index is 12.6. The van der Waals surface area contributed by atoms with Gasteiger partial charge in [-0.2, -0.15) is 18.3 Å². The van der Waals surface area contributed by atoms with Gasteiger partial charge in [0.2, 0.25) is 0 Å². The average Bonchev–Trinajstić information content (AvgIpc) is 2.46. The summed E-state index contributed by atoms with van der Waals surface area (Å²) in [5.74, 6) is -0.602. The highest BCUT2D eigenvalue weighted by molar-refractivity contribution is 6.36. The number of hydrogen-bond donors (Lipinski definition) is 1. The summed E-state index contributed by atoms with van der Waals surface area (Å²) in [5, 5.41) is 4.14. The van der Waals surface area contributed by atoms with Gasteiger partial charge in [0, 0.05) is 5.02 Å². The Kier molecular flexibility index (Phi) is 5.28. The Morgan fingerprint density at radius 3 is 2.52 bits per heavy atom. The maximum atomic E-state index is 12.6. The van der Waals surface area contributed by atoms with E-state index in [0.29, 0.717) is 5.02 Å². The summed E-state index contributed by atoms with van der Waals surface area (Å²) < 4.78 is 37.7. The van der Waals surface area contributed by atoms with Crippen molar-refractivity contribution in [2.24, 2.45) is 5.10 Å². The van der Waals surface area contributed by atoms with Crippen molar-refractivity contribution in [1.29, 1.82) is 0 Å². The van der Waals surface area contributed by atoms with Gasteiger partial charge in [0.1, 0.15) is 0 Å². The van der Waals surface area contributed by atoms with Gasteiger partial charge >= 0.3 is 6.18 Å². The fraction of sp³-hybridized carbons (Fsp3) is 0.0667. The van der Waals surface area contributed by atoms with Crippen LogP contribution in [0, 0.1) is 0 Å². The lowest BCUT2D eigenvalue weighted by atomic mass is 10.1. The van der Waals surface area contributed by atoms with E-state index in [4.69, 9.17) is 23.2 Å². The van der Waals surface area contributed by atoms with Crippen molar-refractivity contribution in [3.63, 3.8) is 0 Å². The number of benzene rings is 2. The van der Waals surface area contributed by atoms with Gasteiger partial charge in [-0.3, -0.25) is 4.79 Å². The summed E-state index contributed by atoms with van der Waals surface area (Å²) in [6.07, 6.45) is -3.33. The summed E-state index contributed by atoms with van der Waals surface area (Å²) in [6, 6.07) is 8.85. The van der Waals surface area contributed by atoms with Crippen LogP contribution in [0.15, 0.2) is 47.6 Å². The third-order valence-electron chi connectivity index (χ3n) is 2.77. The molecule has 1 N–H and O–H groups in total. The van der Waals surface area contributed by atoms with Crippen LogP contribution in [0.3, 0.4) is 0 Å². The third kappa shape index (κ3) is 4.71. The number of amides is 1. The molecule has 0 saturated carbocycles. The summed E-state index contributed by atoms with van der Waals surface area (Å²) in [4.78, 5) is 11.9. The van der Waals surface area contributed by atoms with Gasteiger partial charge < -0.3 is 0 Å². The molecule has 3 nitrogen and oxygen atoms in total. The summed E-state index contributed by atoms with van der Waals surface area (Å²) in [5.41, 5.74) is 1.74. The quantitative estimate of drug-likeness (QED) is 0.621. The van der Waals surface area contributed by atoms with Crippen LogP contribution in [0.4, 0.5) is 13.2 Å². The number of halogens is 5. The lowest BCUT2D eigenvalue weighted by molar-refractivity contribution is -0.137. The molecule has 0 radical (unpaired) electrons. The zero-order chi connectivity index (χ0) is 17.0. The first-order valence-corrected chi connectivity index (χ1v) is 6.98. The second-order valence-electron chi connectivity index (χ2n) is 4.45. The molecule has 23 heavy (non-hydrogen) atoms. The van der Waals surface area contributed by atoms with Gasteiger partial charge in [-0.1, -0.05) is 35.3 Å². The molecule has 2 rings (SSSR count). The summed E-state index contributed by atoms with van der Waals surface area (Å²) in [7, 11) is 0. The van der Waals surface area contributed by atoms with Crippen molar-refractivity contribution in [3.05, 3.63) is 69.2 Å². The molecule has 0 aliphatic carbocycles. The molecule has 0 heterocycles. The normalized spacial score (nSPS) is 11.7. The average molecular weight is 361 g/mol. The molecule has 0 unspecified atom stereocenters. The second kappa shape index (κ2) is 7.02. The minimum atomic E-state index is -4.44. The van der Waals surface area contributed by atoms with Crippen LogP contribution in [0.5, 0.6) is 0 Å². The first-order valence-electron chi connectivity index (χ1n) is 6.23. The molecule has 2 aromatic rings. The number of carbonyl (C=O) groups excluding carboxylic acids is 1. The standard InChI is InChI=1S/C15H9Cl2F3N2O/c16-11-4-5-12(13(17)7-11)14(23)22-21-8-9-2-1-3-10(6-9)15(18,19)20/h1-8H,(H,22,23)/b21-8-. The Morgan fingerprint density at radius 2 is 1.87 bits per heavy atom. The highest BCUT2D eigenvalue weighted by Crippen LogP contribution is 2.29. The molecule has 0 aliphatic heterocycles. The highest BCUT2D eigenvalue weighted by atomic mass is 35.5. The van der Waals surface area contributed by atoms with Gasteiger partial charge in [-0.25, -0.2) is 5.43 Å². The molecule has 8 heteroatoms. The van der Waals surface area contributed by atoms with Gasteiger partial charge in [-0.15, -0.1) is 0 Å². The van der Waals surface area contributed by atoms with Gasteiger partial charge in [-0.05, 0) is 35.9 Å². The Hall–Kier alpha value is -2.05. The van der Waals surface area contributed by atoms with E-state index in [2.05, 4.69) is 10.5 Å². The van der Waals surface area contributed by atoms with Crippen LogP contribution in [-0.2, 0) is 6.18 Å². The largest absolute Gasteiger partial charge is 0.416 e. The summed E-state index contributed by atoms with van der Waals surface area (Å²) in [6.45, 7) is 0. The Morgan fingerprint density at radius 1 is 1.13 bits per heavy atom. The van der Waals surface area contributed by atoms with Gasteiger partial charge in [0.05, 0.1) is 22.4 Å². The molecule has 0 aliphatic rings. The van der Waals surface area contributed by atoms with Crippen LogP contribution in [0.2, 0.25) is 10.0 Å². The molecule has 0 spiro atoms. The number of rotatable bonds is 3. The number of hydrogen-bond acceptors (Lipinski definition) is 2. The van der Waals surface area contributed by atoms with E-state index in [0.717, 1.165) is 18.3 Å². The van der Waals surface area contributed by atoms with Crippen molar-refractivity contribution in [2.45, 2.75) is 6.18 Å². The van der Waals surface area contributed by atoms with E-state index < -0.39 is 17.6 Å². The zero-order valence-electron chi connectivity index (χ0n) is 11.4. The molecular formula is C15H9Cl2F3N2O. The van der Waals surface area contributed by atoms with Gasteiger partial charge in [0.15, 0.2) is 0 Å². The van der Waals surface area contributed by atoms with Crippen LogP contribution in [-0.4, -0.2) is 12.1 Å². The van der Waals surface area contributed by atoms with E-state index in [9.17, 15) is 18.0 Å². The fourth-order valence-corrected chi connectivity index (χ4v) is 2.19.